The van der Waals surface area contributed by atoms with Crippen molar-refractivity contribution in [2.75, 3.05) is 7.11 Å². The second kappa shape index (κ2) is 9.62. The fourth-order valence-electron chi connectivity index (χ4n) is 2.16. The van der Waals surface area contributed by atoms with Gasteiger partial charge in [-0.15, -0.1) is 0 Å². The summed E-state index contributed by atoms with van der Waals surface area (Å²) < 4.78 is 4.75. The molecule has 0 radical (unpaired) electrons. The molecule has 0 heterocycles. The number of hydrogen-bond acceptors (Lipinski definition) is 3. The molecule has 0 aromatic heterocycles. The van der Waals surface area contributed by atoms with Crippen LogP contribution in [0.25, 0.3) is 0 Å². The summed E-state index contributed by atoms with van der Waals surface area (Å²) in [6.45, 7) is 4.01. The van der Waals surface area contributed by atoms with E-state index in [1.165, 1.54) is 12.7 Å². The lowest BCUT2D eigenvalue weighted by atomic mass is 10.0. The molecule has 0 saturated heterocycles. The fraction of sp³-hybridized carbons (Fsp3) is 0.529. The first-order chi connectivity index (χ1) is 10.4. The largest absolute Gasteiger partial charge is 0.467 e. The molecule has 1 aromatic carbocycles. The van der Waals surface area contributed by atoms with Crippen LogP contribution in [0, 0.1) is 5.92 Å². The van der Waals surface area contributed by atoms with Crippen LogP contribution in [-0.4, -0.2) is 29.9 Å². The molecule has 1 rings (SSSR count). The quantitative estimate of drug-likeness (QED) is 0.565. The molecule has 0 fully saturated rings. The minimum absolute atomic E-state index is 0.174. The van der Waals surface area contributed by atoms with Crippen LogP contribution in [0.1, 0.15) is 32.3 Å². The third kappa shape index (κ3) is 6.60. The molecule has 1 aromatic rings. The van der Waals surface area contributed by atoms with Crippen molar-refractivity contribution in [3.8, 4) is 0 Å². The average Bonchev–Trinajstić information content (AvgIpc) is 2.51. The van der Waals surface area contributed by atoms with Gasteiger partial charge in [0.25, 0.3) is 0 Å². The van der Waals surface area contributed by atoms with Gasteiger partial charge in [-0.2, -0.15) is 0 Å². The summed E-state index contributed by atoms with van der Waals surface area (Å²) in [5.74, 6) is -0.278. The van der Waals surface area contributed by atoms with Gasteiger partial charge in [0.2, 0.25) is 5.91 Å². The van der Waals surface area contributed by atoms with Crippen molar-refractivity contribution in [1.82, 2.24) is 5.32 Å². The van der Waals surface area contributed by atoms with E-state index in [1.54, 1.807) is 0 Å². The molecule has 0 aliphatic carbocycles. The topological polar surface area (TPSA) is 55.4 Å². The van der Waals surface area contributed by atoms with Crippen LogP contribution in [0.4, 0.5) is 0 Å². The normalized spacial score (nSPS) is 13.5. The highest BCUT2D eigenvalue weighted by Crippen LogP contribution is 2.13. The van der Waals surface area contributed by atoms with Crippen LogP contribution in [0.3, 0.4) is 0 Å². The maximum atomic E-state index is 12.2. The molecule has 5 heteroatoms. The van der Waals surface area contributed by atoms with Crippen molar-refractivity contribution in [3.63, 3.8) is 0 Å². The Kier molecular flexibility index (Phi) is 8.17. The zero-order valence-electron chi connectivity index (χ0n) is 13.3. The number of alkyl halides is 1. The molecule has 1 N–H and O–H groups in total. The molecule has 0 saturated carbocycles. The van der Waals surface area contributed by atoms with Crippen molar-refractivity contribution < 1.29 is 14.3 Å². The number of carbonyl (C=O) groups is 2. The maximum Gasteiger partial charge on any atom is 0.328 e. The van der Waals surface area contributed by atoms with Crippen molar-refractivity contribution in [2.24, 2.45) is 5.92 Å². The predicted molar refractivity (Wildman–Crippen MR) is 90.9 cm³/mol. The second-order valence-electron chi connectivity index (χ2n) is 5.71. The van der Waals surface area contributed by atoms with Crippen molar-refractivity contribution in [1.29, 1.82) is 0 Å². The average molecular weight is 370 g/mol. The number of esters is 1. The van der Waals surface area contributed by atoms with E-state index >= 15 is 0 Å². The number of amides is 1. The van der Waals surface area contributed by atoms with E-state index in [4.69, 9.17) is 4.74 Å². The van der Waals surface area contributed by atoms with Gasteiger partial charge in [0.1, 0.15) is 6.04 Å². The third-order valence-corrected chi connectivity index (χ3v) is 4.20. The van der Waals surface area contributed by atoms with Gasteiger partial charge in [0, 0.05) is 0 Å². The fourth-order valence-corrected chi connectivity index (χ4v) is 2.52. The van der Waals surface area contributed by atoms with Crippen molar-refractivity contribution in [3.05, 3.63) is 35.9 Å². The zero-order valence-corrected chi connectivity index (χ0v) is 14.9. The lowest BCUT2D eigenvalue weighted by Gasteiger charge is -2.20. The molecule has 0 bridgehead atoms. The van der Waals surface area contributed by atoms with E-state index in [2.05, 4.69) is 21.2 Å². The van der Waals surface area contributed by atoms with E-state index in [0.717, 1.165) is 6.42 Å². The summed E-state index contributed by atoms with van der Waals surface area (Å²) >= 11 is 3.40. The Labute approximate surface area is 140 Å². The maximum absolute atomic E-state index is 12.2. The summed E-state index contributed by atoms with van der Waals surface area (Å²) in [6, 6.07) is 9.41. The number of aryl methyl sites for hydroxylation is 1. The van der Waals surface area contributed by atoms with Gasteiger partial charge >= 0.3 is 5.97 Å². The lowest BCUT2D eigenvalue weighted by Crippen LogP contribution is -2.45. The molecule has 0 aliphatic heterocycles. The highest BCUT2D eigenvalue weighted by Gasteiger charge is 2.25. The van der Waals surface area contributed by atoms with Gasteiger partial charge in [-0.3, -0.25) is 4.79 Å². The second-order valence-corrected chi connectivity index (χ2v) is 6.81. The van der Waals surface area contributed by atoms with Crippen LogP contribution < -0.4 is 5.32 Å². The highest BCUT2D eigenvalue weighted by molar-refractivity contribution is 9.10. The Morgan fingerprint density at radius 1 is 1.23 bits per heavy atom. The molecule has 22 heavy (non-hydrogen) atoms. The number of benzene rings is 1. The van der Waals surface area contributed by atoms with E-state index in [9.17, 15) is 9.59 Å². The number of hydrogen-bond donors (Lipinski definition) is 1. The first kappa shape index (κ1) is 18.7. The molecular formula is C17H24BrNO3. The van der Waals surface area contributed by atoms with Gasteiger partial charge in [-0.05, 0) is 30.7 Å². The number of nitrogens with one attached hydrogen (secondary N) is 1. The number of halogens is 1. The smallest absolute Gasteiger partial charge is 0.328 e. The van der Waals surface area contributed by atoms with Crippen LogP contribution in [0.2, 0.25) is 0 Å². The Hall–Kier alpha value is -1.36. The van der Waals surface area contributed by atoms with Crippen molar-refractivity contribution in [2.45, 2.75) is 44.0 Å². The summed E-state index contributed by atoms with van der Waals surface area (Å²) in [6.07, 6.45) is 2.04. The summed E-state index contributed by atoms with van der Waals surface area (Å²) in [7, 11) is 1.34. The lowest BCUT2D eigenvalue weighted by molar-refractivity contribution is -0.145. The van der Waals surface area contributed by atoms with Crippen LogP contribution in [0.5, 0.6) is 0 Å². The standard InChI is InChI=1S/C17H24BrNO3/c1-12(2)11-15(17(21)22-3)19-16(20)14(18)10-9-13-7-5-4-6-8-13/h4-8,12,14-15H,9-11H2,1-3H3,(H,19,20)/t14-,15+/m1/s1. The van der Waals surface area contributed by atoms with E-state index in [-0.39, 0.29) is 10.7 Å². The molecular weight excluding hydrogens is 346 g/mol. The minimum Gasteiger partial charge on any atom is -0.467 e. The molecule has 1 amide bonds. The van der Waals surface area contributed by atoms with E-state index < -0.39 is 12.0 Å². The number of ether oxygens (including phenoxy) is 1. The number of methoxy groups -OCH3 is 1. The Balaban J connectivity index is 2.51. The first-order valence-electron chi connectivity index (χ1n) is 7.50. The van der Waals surface area contributed by atoms with Gasteiger partial charge in [0.05, 0.1) is 11.9 Å². The van der Waals surface area contributed by atoms with Gasteiger partial charge < -0.3 is 10.1 Å². The van der Waals surface area contributed by atoms with Gasteiger partial charge in [-0.1, -0.05) is 60.1 Å². The molecule has 2 atom stereocenters. The molecule has 0 aliphatic rings. The zero-order chi connectivity index (χ0) is 16.5. The van der Waals surface area contributed by atoms with Gasteiger partial charge in [-0.25, -0.2) is 4.79 Å². The molecule has 122 valence electrons. The highest BCUT2D eigenvalue weighted by atomic mass is 79.9. The van der Waals surface area contributed by atoms with E-state index in [1.807, 2.05) is 44.2 Å². The predicted octanol–water partition coefficient (Wildman–Crippen LogP) is 3.09. The Morgan fingerprint density at radius 3 is 2.41 bits per heavy atom. The molecule has 0 unspecified atom stereocenters. The van der Waals surface area contributed by atoms with Crippen molar-refractivity contribution >= 4 is 27.8 Å². The molecule has 0 spiro atoms. The molecule has 4 nitrogen and oxygen atoms in total. The summed E-state index contributed by atoms with van der Waals surface area (Å²) in [5.41, 5.74) is 1.19. The first-order valence-corrected chi connectivity index (χ1v) is 8.41. The van der Waals surface area contributed by atoms with Crippen LogP contribution >= 0.6 is 15.9 Å². The summed E-state index contributed by atoms with van der Waals surface area (Å²) in [5, 5.41) is 2.77. The van der Waals surface area contributed by atoms with Crippen LogP contribution in [-0.2, 0) is 20.7 Å². The Morgan fingerprint density at radius 2 is 1.86 bits per heavy atom. The SMILES string of the molecule is COC(=O)[C@H](CC(C)C)NC(=O)[C@H](Br)CCc1ccccc1. The van der Waals surface area contributed by atoms with Crippen LogP contribution in [0.15, 0.2) is 30.3 Å². The Bertz CT molecular complexity index is 476. The van der Waals surface area contributed by atoms with Gasteiger partial charge in [0.15, 0.2) is 0 Å². The monoisotopic (exact) mass is 369 g/mol. The minimum atomic E-state index is -0.589. The summed E-state index contributed by atoms with van der Waals surface area (Å²) in [4.78, 5) is 23.6. The number of rotatable bonds is 8. The third-order valence-electron chi connectivity index (χ3n) is 3.32. The number of carbonyl (C=O) groups excluding carboxylic acids is 2. The van der Waals surface area contributed by atoms with E-state index in [0.29, 0.717) is 18.8 Å².